The van der Waals surface area contributed by atoms with Gasteiger partial charge in [-0.2, -0.15) is 10.2 Å². The minimum Gasteiger partial charge on any atom is -0.267 e. The van der Waals surface area contributed by atoms with Crippen molar-refractivity contribution in [3.05, 3.63) is 74.1 Å². The lowest BCUT2D eigenvalue weighted by molar-refractivity contribution is 0.0949. The van der Waals surface area contributed by atoms with Crippen LogP contribution in [0.4, 0.5) is 0 Å². The van der Waals surface area contributed by atoms with Crippen LogP contribution in [-0.4, -0.2) is 21.9 Å². The van der Waals surface area contributed by atoms with Gasteiger partial charge in [-0.1, -0.05) is 60.5 Å². The van der Waals surface area contributed by atoms with E-state index in [9.17, 15) is 9.59 Å². The minimum atomic E-state index is -0.523. The van der Waals surface area contributed by atoms with Crippen LogP contribution in [0, 0.1) is 0 Å². The van der Waals surface area contributed by atoms with Gasteiger partial charge in [-0.3, -0.25) is 9.59 Å². The number of hydrazone groups is 1. The summed E-state index contributed by atoms with van der Waals surface area (Å²) in [6.45, 7) is 2.35. The van der Waals surface area contributed by atoms with Crippen LogP contribution in [0.1, 0.15) is 29.4 Å². The van der Waals surface area contributed by atoms with Crippen LogP contribution in [0.2, 0.25) is 10.0 Å². The molecular formula is C19H16Cl2N4O2. The van der Waals surface area contributed by atoms with E-state index in [2.05, 4.69) is 15.6 Å². The number of hydrogen-bond donors (Lipinski definition) is 1. The highest BCUT2D eigenvalue weighted by Gasteiger charge is 2.16. The van der Waals surface area contributed by atoms with Gasteiger partial charge in [0.25, 0.3) is 11.5 Å². The van der Waals surface area contributed by atoms with Crippen molar-refractivity contribution in [1.29, 1.82) is 0 Å². The molecule has 0 fully saturated rings. The molecule has 1 amide bonds. The number of carbonyl (C=O) groups is 1. The molecular weight excluding hydrogens is 387 g/mol. The maximum Gasteiger partial charge on any atom is 0.292 e. The Labute approximate surface area is 165 Å². The average Bonchev–Trinajstić information content (AvgIpc) is 2.67. The number of hydrogen-bond acceptors (Lipinski definition) is 4. The topological polar surface area (TPSA) is 76.3 Å². The largest absolute Gasteiger partial charge is 0.292 e. The van der Waals surface area contributed by atoms with Gasteiger partial charge in [-0.05, 0) is 18.6 Å². The highest BCUT2D eigenvalue weighted by atomic mass is 35.5. The molecule has 138 valence electrons. The van der Waals surface area contributed by atoms with Crippen molar-refractivity contribution in [1.82, 2.24) is 15.2 Å². The first-order chi connectivity index (χ1) is 13.0. The Bertz CT molecular complexity index is 1090. The third-order valence-electron chi connectivity index (χ3n) is 3.87. The van der Waals surface area contributed by atoms with Crippen molar-refractivity contribution >= 4 is 46.1 Å². The number of aromatic nitrogens is 2. The van der Waals surface area contributed by atoms with E-state index in [0.717, 1.165) is 6.42 Å². The number of halogens is 2. The number of rotatable bonds is 5. The zero-order valence-corrected chi connectivity index (χ0v) is 16.0. The molecule has 3 rings (SSSR count). The van der Waals surface area contributed by atoms with Crippen molar-refractivity contribution in [2.45, 2.75) is 19.9 Å². The molecule has 1 aromatic heterocycles. The molecule has 6 nitrogen and oxygen atoms in total. The van der Waals surface area contributed by atoms with Crippen LogP contribution in [0.3, 0.4) is 0 Å². The van der Waals surface area contributed by atoms with Crippen molar-refractivity contribution in [3.8, 4) is 0 Å². The predicted molar refractivity (Wildman–Crippen MR) is 108 cm³/mol. The lowest BCUT2D eigenvalue weighted by Crippen LogP contribution is -2.29. The molecule has 3 aromatic rings. The summed E-state index contributed by atoms with van der Waals surface area (Å²) in [6.07, 6.45) is 2.12. The van der Waals surface area contributed by atoms with Gasteiger partial charge >= 0.3 is 0 Å². The Morgan fingerprint density at radius 3 is 2.67 bits per heavy atom. The molecule has 0 atom stereocenters. The van der Waals surface area contributed by atoms with E-state index in [4.69, 9.17) is 23.2 Å². The highest BCUT2D eigenvalue weighted by Crippen LogP contribution is 2.24. The van der Waals surface area contributed by atoms with Gasteiger partial charge in [0, 0.05) is 17.5 Å². The SMILES string of the molecule is CCCn1nc(C(=O)N/N=C\c2cccc(Cl)c2Cl)c2ccccc2c1=O. The number of nitrogens with zero attached hydrogens (tertiary/aromatic N) is 3. The summed E-state index contributed by atoms with van der Waals surface area (Å²) in [5.74, 6) is -0.523. The fraction of sp³-hybridized carbons (Fsp3) is 0.158. The number of amides is 1. The molecule has 0 aliphatic heterocycles. The number of aryl methyl sites for hydroxylation is 1. The van der Waals surface area contributed by atoms with Crippen molar-refractivity contribution < 1.29 is 4.79 Å². The summed E-state index contributed by atoms with van der Waals surface area (Å²) >= 11 is 12.0. The van der Waals surface area contributed by atoms with Gasteiger partial charge < -0.3 is 0 Å². The number of carbonyl (C=O) groups excluding carboxylic acids is 1. The Kier molecular flexibility index (Phi) is 5.88. The molecule has 1 N–H and O–H groups in total. The van der Waals surface area contributed by atoms with Crippen LogP contribution in [0.5, 0.6) is 0 Å². The zero-order valence-electron chi connectivity index (χ0n) is 14.4. The van der Waals surface area contributed by atoms with Gasteiger partial charge in [-0.15, -0.1) is 0 Å². The van der Waals surface area contributed by atoms with E-state index in [1.54, 1.807) is 42.5 Å². The molecule has 0 unspecified atom stereocenters. The number of fused-ring (bicyclic) bond motifs is 1. The van der Waals surface area contributed by atoms with E-state index in [-0.39, 0.29) is 11.3 Å². The van der Waals surface area contributed by atoms with Gasteiger partial charge in [0.1, 0.15) is 0 Å². The fourth-order valence-corrected chi connectivity index (χ4v) is 2.96. The molecule has 2 aromatic carbocycles. The molecule has 0 bridgehead atoms. The molecule has 8 heteroatoms. The van der Waals surface area contributed by atoms with E-state index in [0.29, 0.717) is 32.9 Å². The van der Waals surface area contributed by atoms with Crippen molar-refractivity contribution in [2.24, 2.45) is 5.10 Å². The summed E-state index contributed by atoms with van der Waals surface area (Å²) in [4.78, 5) is 25.1. The fourth-order valence-electron chi connectivity index (χ4n) is 2.60. The average molecular weight is 403 g/mol. The van der Waals surface area contributed by atoms with E-state index in [1.807, 2.05) is 6.92 Å². The van der Waals surface area contributed by atoms with Crippen molar-refractivity contribution in [3.63, 3.8) is 0 Å². The first-order valence-corrected chi connectivity index (χ1v) is 9.05. The Balaban J connectivity index is 1.93. The number of benzene rings is 2. The second-order valence-corrected chi connectivity index (χ2v) is 6.55. The molecule has 0 spiro atoms. The standard InChI is InChI=1S/C19H16Cl2N4O2/c1-2-10-25-19(27)14-8-4-3-7-13(14)17(24-25)18(26)23-22-11-12-6-5-9-15(20)16(12)21/h3-9,11H,2,10H2,1H3,(H,23,26)/b22-11-. The van der Waals surface area contributed by atoms with Gasteiger partial charge in [0.2, 0.25) is 0 Å². The highest BCUT2D eigenvalue weighted by molar-refractivity contribution is 6.43. The Morgan fingerprint density at radius 2 is 1.93 bits per heavy atom. The second-order valence-electron chi connectivity index (χ2n) is 5.76. The molecule has 0 saturated heterocycles. The summed E-state index contributed by atoms with van der Waals surface area (Å²) < 4.78 is 1.30. The molecule has 1 heterocycles. The summed E-state index contributed by atoms with van der Waals surface area (Å²) in [5, 5.41) is 9.80. The summed E-state index contributed by atoms with van der Waals surface area (Å²) in [5.41, 5.74) is 2.90. The maximum absolute atomic E-state index is 12.6. The second kappa shape index (κ2) is 8.33. The number of nitrogens with one attached hydrogen (secondary N) is 1. The smallest absolute Gasteiger partial charge is 0.267 e. The molecule has 0 saturated carbocycles. The first kappa shape index (κ1) is 19.1. The quantitative estimate of drug-likeness (QED) is 0.519. The van der Waals surface area contributed by atoms with E-state index < -0.39 is 5.91 Å². The van der Waals surface area contributed by atoms with Crippen LogP contribution < -0.4 is 11.0 Å². The zero-order chi connectivity index (χ0) is 19.4. The Hall–Kier alpha value is -2.70. The van der Waals surface area contributed by atoms with Gasteiger partial charge in [0.15, 0.2) is 5.69 Å². The molecule has 27 heavy (non-hydrogen) atoms. The van der Waals surface area contributed by atoms with Crippen LogP contribution in [0.25, 0.3) is 10.8 Å². The van der Waals surface area contributed by atoms with Gasteiger partial charge in [0.05, 0.1) is 21.6 Å². The van der Waals surface area contributed by atoms with Crippen LogP contribution >= 0.6 is 23.2 Å². The first-order valence-electron chi connectivity index (χ1n) is 8.30. The van der Waals surface area contributed by atoms with Crippen LogP contribution in [0.15, 0.2) is 52.4 Å². The normalized spacial score (nSPS) is 11.2. The summed E-state index contributed by atoms with van der Waals surface area (Å²) in [6, 6.07) is 12.0. The van der Waals surface area contributed by atoms with Gasteiger partial charge in [-0.25, -0.2) is 10.1 Å². The maximum atomic E-state index is 12.6. The Morgan fingerprint density at radius 1 is 1.19 bits per heavy atom. The predicted octanol–water partition coefficient (Wildman–Crippen LogP) is 3.88. The minimum absolute atomic E-state index is 0.132. The third kappa shape index (κ3) is 4.02. The molecule has 0 aliphatic carbocycles. The van der Waals surface area contributed by atoms with E-state index in [1.165, 1.54) is 10.9 Å². The summed E-state index contributed by atoms with van der Waals surface area (Å²) in [7, 11) is 0. The van der Waals surface area contributed by atoms with Crippen LogP contribution in [-0.2, 0) is 6.54 Å². The van der Waals surface area contributed by atoms with E-state index >= 15 is 0 Å². The molecule has 0 aliphatic rings. The lowest BCUT2D eigenvalue weighted by Gasteiger charge is -2.09. The third-order valence-corrected chi connectivity index (χ3v) is 4.70. The monoisotopic (exact) mass is 402 g/mol. The molecule has 0 radical (unpaired) electrons. The van der Waals surface area contributed by atoms with Crippen molar-refractivity contribution in [2.75, 3.05) is 0 Å². The lowest BCUT2D eigenvalue weighted by atomic mass is 10.1.